The molecule has 2 amide bonds. The summed E-state index contributed by atoms with van der Waals surface area (Å²) < 4.78 is 0. The molecule has 0 saturated carbocycles. The molecular weight excluding hydrogens is 312 g/mol. The van der Waals surface area contributed by atoms with Crippen LogP contribution < -0.4 is 5.32 Å². The van der Waals surface area contributed by atoms with Crippen molar-refractivity contribution in [3.63, 3.8) is 0 Å². The number of nitrogens with one attached hydrogen (secondary N) is 1. The zero-order valence-corrected chi connectivity index (χ0v) is 13.8. The normalized spacial score (nSPS) is 15.5. The third-order valence-electron chi connectivity index (χ3n) is 4.13. The lowest BCUT2D eigenvalue weighted by molar-refractivity contribution is 0.194. The van der Waals surface area contributed by atoms with E-state index in [0.29, 0.717) is 17.4 Å². The quantitative estimate of drug-likeness (QED) is 0.909. The fourth-order valence-electron chi connectivity index (χ4n) is 2.84. The number of hydrogen-bond acceptors (Lipinski definition) is 3. The monoisotopic (exact) mass is 330 g/mol. The number of urea groups is 1. The van der Waals surface area contributed by atoms with Gasteiger partial charge in [0.05, 0.1) is 18.1 Å². The molecule has 5 nitrogen and oxygen atoms in total. The van der Waals surface area contributed by atoms with E-state index in [4.69, 9.17) is 11.6 Å². The van der Waals surface area contributed by atoms with E-state index in [0.717, 1.165) is 31.0 Å². The van der Waals surface area contributed by atoms with Crippen LogP contribution in [0, 0.1) is 6.92 Å². The average Bonchev–Trinajstić information content (AvgIpc) is 2.57. The zero-order valence-electron chi connectivity index (χ0n) is 13.0. The lowest BCUT2D eigenvalue weighted by Crippen LogP contribution is -2.40. The van der Waals surface area contributed by atoms with Crippen molar-refractivity contribution in [3.8, 4) is 0 Å². The minimum atomic E-state index is -0.0954. The van der Waals surface area contributed by atoms with Crippen molar-refractivity contribution >= 4 is 23.3 Å². The number of anilines is 1. The predicted molar refractivity (Wildman–Crippen MR) is 90.8 cm³/mol. The third-order valence-corrected chi connectivity index (χ3v) is 4.37. The number of hydrogen-bond donors (Lipinski definition) is 1. The van der Waals surface area contributed by atoms with Crippen molar-refractivity contribution < 1.29 is 4.79 Å². The lowest BCUT2D eigenvalue weighted by Gasteiger charge is -2.32. The Kier molecular flexibility index (Phi) is 4.76. The first-order chi connectivity index (χ1) is 11.1. The summed E-state index contributed by atoms with van der Waals surface area (Å²) in [4.78, 5) is 22.3. The fourth-order valence-corrected chi connectivity index (χ4v) is 3.03. The van der Waals surface area contributed by atoms with Crippen molar-refractivity contribution in [1.29, 1.82) is 0 Å². The van der Waals surface area contributed by atoms with Crippen LogP contribution in [0.4, 0.5) is 10.5 Å². The van der Waals surface area contributed by atoms with E-state index in [-0.39, 0.29) is 6.03 Å². The summed E-state index contributed by atoms with van der Waals surface area (Å²) >= 11 is 6.06. The van der Waals surface area contributed by atoms with Gasteiger partial charge in [0, 0.05) is 18.1 Å². The highest BCUT2D eigenvalue weighted by Crippen LogP contribution is 2.29. The van der Waals surface area contributed by atoms with Gasteiger partial charge in [0.15, 0.2) is 0 Å². The Bertz CT molecular complexity index is 681. The number of aromatic nitrogens is 2. The lowest BCUT2D eigenvalue weighted by atomic mass is 9.89. The number of benzene rings is 1. The van der Waals surface area contributed by atoms with Gasteiger partial charge in [-0.15, -0.1) is 0 Å². The van der Waals surface area contributed by atoms with Crippen LogP contribution in [0.25, 0.3) is 0 Å². The Morgan fingerprint density at radius 1 is 1.26 bits per heavy atom. The first kappa shape index (κ1) is 15.7. The number of piperidine rings is 1. The number of amides is 2. The van der Waals surface area contributed by atoms with E-state index < -0.39 is 0 Å². The minimum Gasteiger partial charge on any atom is -0.324 e. The van der Waals surface area contributed by atoms with Gasteiger partial charge in [-0.25, -0.2) is 14.8 Å². The van der Waals surface area contributed by atoms with E-state index in [2.05, 4.69) is 21.4 Å². The number of nitrogens with zero attached hydrogens (tertiary/aromatic N) is 3. The number of aryl methyl sites for hydroxylation is 1. The molecular formula is C17H19ClN4O. The van der Waals surface area contributed by atoms with Gasteiger partial charge in [0.25, 0.3) is 0 Å². The highest BCUT2D eigenvalue weighted by molar-refractivity contribution is 6.30. The van der Waals surface area contributed by atoms with Crippen molar-refractivity contribution in [2.24, 2.45) is 0 Å². The van der Waals surface area contributed by atoms with Gasteiger partial charge in [-0.2, -0.15) is 0 Å². The molecule has 23 heavy (non-hydrogen) atoms. The third kappa shape index (κ3) is 3.99. The highest BCUT2D eigenvalue weighted by atomic mass is 35.5. The molecule has 1 aromatic carbocycles. The second kappa shape index (κ2) is 6.96. The Morgan fingerprint density at radius 3 is 2.61 bits per heavy atom. The molecule has 3 rings (SSSR count). The number of carbonyl (C=O) groups excluding carboxylic acids is 1. The van der Waals surface area contributed by atoms with Crippen LogP contribution in [0.2, 0.25) is 5.02 Å². The standard InChI is InChI=1S/C17H19ClN4O/c1-12-19-10-16(11-20-12)21-17(23)22-7-5-13(6-8-22)14-3-2-4-15(18)9-14/h2-4,9-11,13H,5-8H2,1H3,(H,21,23). The average molecular weight is 331 g/mol. The largest absolute Gasteiger partial charge is 0.324 e. The molecule has 0 aliphatic carbocycles. The molecule has 1 saturated heterocycles. The molecule has 0 spiro atoms. The maximum Gasteiger partial charge on any atom is 0.321 e. The van der Waals surface area contributed by atoms with Gasteiger partial charge >= 0.3 is 6.03 Å². The Labute approximate surface area is 140 Å². The molecule has 1 fully saturated rings. The molecule has 1 aliphatic rings. The van der Waals surface area contributed by atoms with Gasteiger partial charge in [-0.3, -0.25) is 0 Å². The first-order valence-electron chi connectivity index (χ1n) is 7.72. The van der Waals surface area contributed by atoms with Crippen LogP contribution >= 0.6 is 11.6 Å². The predicted octanol–water partition coefficient (Wildman–Crippen LogP) is 3.85. The number of halogens is 1. The van der Waals surface area contributed by atoms with E-state index in [1.807, 2.05) is 30.0 Å². The summed E-state index contributed by atoms with van der Waals surface area (Å²) in [6.45, 7) is 3.28. The summed E-state index contributed by atoms with van der Waals surface area (Å²) in [5, 5.41) is 3.61. The molecule has 2 heterocycles. The van der Waals surface area contributed by atoms with Crippen molar-refractivity contribution in [1.82, 2.24) is 14.9 Å². The van der Waals surface area contributed by atoms with E-state index in [1.165, 1.54) is 5.56 Å². The molecule has 0 unspecified atom stereocenters. The zero-order chi connectivity index (χ0) is 16.2. The highest BCUT2D eigenvalue weighted by Gasteiger charge is 2.24. The molecule has 1 aliphatic heterocycles. The summed E-state index contributed by atoms with van der Waals surface area (Å²) in [5.41, 5.74) is 1.88. The molecule has 120 valence electrons. The van der Waals surface area contributed by atoms with Crippen LogP contribution in [0.3, 0.4) is 0 Å². The van der Waals surface area contributed by atoms with Crippen LogP contribution in [0.15, 0.2) is 36.7 Å². The maximum atomic E-state index is 12.3. The SMILES string of the molecule is Cc1ncc(NC(=O)N2CCC(c3cccc(Cl)c3)CC2)cn1. The van der Waals surface area contributed by atoms with E-state index in [1.54, 1.807) is 12.4 Å². The topological polar surface area (TPSA) is 58.1 Å². The summed E-state index contributed by atoms with van der Waals surface area (Å²) in [5.74, 6) is 1.14. The molecule has 0 bridgehead atoms. The Hall–Kier alpha value is -2.14. The smallest absolute Gasteiger partial charge is 0.321 e. The summed E-state index contributed by atoms with van der Waals surface area (Å²) in [6.07, 6.45) is 5.13. The van der Waals surface area contributed by atoms with Crippen LogP contribution in [0.1, 0.15) is 30.1 Å². The molecule has 1 aromatic heterocycles. The van der Waals surface area contributed by atoms with Crippen molar-refractivity contribution in [3.05, 3.63) is 53.1 Å². The van der Waals surface area contributed by atoms with Gasteiger partial charge in [0.1, 0.15) is 5.82 Å². The second-order valence-corrected chi connectivity index (χ2v) is 6.20. The molecule has 0 atom stereocenters. The molecule has 2 aromatic rings. The van der Waals surface area contributed by atoms with Crippen molar-refractivity contribution in [2.75, 3.05) is 18.4 Å². The number of likely N-dealkylation sites (tertiary alicyclic amines) is 1. The van der Waals surface area contributed by atoms with Crippen LogP contribution in [-0.4, -0.2) is 34.0 Å². The maximum absolute atomic E-state index is 12.3. The van der Waals surface area contributed by atoms with E-state index >= 15 is 0 Å². The molecule has 6 heteroatoms. The van der Waals surface area contributed by atoms with Gasteiger partial charge in [-0.1, -0.05) is 23.7 Å². The van der Waals surface area contributed by atoms with Gasteiger partial charge < -0.3 is 10.2 Å². The summed E-state index contributed by atoms with van der Waals surface area (Å²) in [6, 6.07) is 7.90. The Morgan fingerprint density at radius 2 is 1.96 bits per heavy atom. The first-order valence-corrected chi connectivity index (χ1v) is 8.09. The second-order valence-electron chi connectivity index (χ2n) is 5.77. The fraction of sp³-hybridized carbons (Fsp3) is 0.353. The summed E-state index contributed by atoms with van der Waals surface area (Å²) in [7, 11) is 0. The number of carbonyl (C=O) groups is 1. The van der Waals surface area contributed by atoms with E-state index in [9.17, 15) is 4.79 Å². The van der Waals surface area contributed by atoms with Crippen LogP contribution in [-0.2, 0) is 0 Å². The molecule has 0 radical (unpaired) electrons. The van der Waals surface area contributed by atoms with Crippen molar-refractivity contribution in [2.45, 2.75) is 25.7 Å². The van der Waals surface area contributed by atoms with Gasteiger partial charge in [0.2, 0.25) is 0 Å². The Balaban J connectivity index is 1.56. The molecule has 1 N–H and O–H groups in total. The van der Waals surface area contributed by atoms with Gasteiger partial charge in [-0.05, 0) is 43.4 Å². The number of rotatable bonds is 2. The minimum absolute atomic E-state index is 0.0954. The van der Waals surface area contributed by atoms with Crippen LogP contribution in [0.5, 0.6) is 0 Å².